The second-order valence-electron chi connectivity index (χ2n) is 4.60. The zero-order valence-corrected chi connectivity index (χ0v) is 12.8. The molecule has 0 bridgehead atoms. The number of aryl methyl sites for hydroxylation is 1. The van der Waals surface area contributed by atoms with Crippen LogP contribution in [-0.4, -0.2) is 7.11 Å². The van der Waals surface area contributed by atoms with Crippen molar-refractivity contribution in [3.63, 3.8) is 0 Å². The van der Waals surface area contributed by atoms with E-state index >= 15 is 0 Å². The minimum Gasteiger partial charge on any atom is -0.496 e. The third kappa shape index (κ3) is 3.25. The molecule has 4 heteroatoms. The molecule has 106 valence electrons. The van der Waals surface area contributed by atoms with Gasteiger partial charge in [-0.25, -0.2) is 4.39 Å². The van der Waals surface area contributed by atoms with Crippen molar-refractivity contribution in [2.75, 3.05) is 7.11 Å². The maximum absolute atomic E-state index is 13.8. The van der Waals surface area contributed by atoms with Crippen LogP contribution in [0.15, 0.2) is 36.4 Å². The number of methoxy groups -OCH3 is 1. The van der Waals surface area contributed by atoms with Crippen LogP contribution in [0.1, 0.15) is 22.1 Å². The van der Waals surface area contributed by atoms with Crippen molar-refractivity contribution < 1.29 is 9.13 Å². The van der Waals surface area contributed by atoms with E-state index < -0.39 is 0 Å². The summed E-state index contributed by atoms with van der Waals surface area (Å²) in [5.41, 5.74) is 2.36. The van der Waals surface area contributed by atoms with Gasteiger partial charge in [-0.2, -0.15) is 0 Å². The van der Waals surface area contributed by atoms with Gasteiger partial charge in [0.05, 0.1) is 12.5 Å². The minimum atomic E-state index is -0.339. The largest absolute Gasteiger partial charge is 0.496 e. The van der Waals surface area contributed by atoms with Crippen LogP contribution >= 0.6 is 23.2 Å². The molecule has 0 saturated heterocycles. The summed E-state index contributed by atoms with van der Waals surface area (Å²) in [4.78, 5) is 0. The van der Waals surface area contributed by atoms with Crippen LogP contribution in [-0.2, 0) is 6.42 Å². The summed E-state index contributed by atoms with van der Waals surface area (Å²) in [6.45, 7) is 1.95. The Morgan fingerprint density at radius 3 is 2.60 bits per heavy atom. The Kier molecular flexibility index (Phi) is 4.90. The van der Waals surface area contributed by atoms with Gasteiger partial charge in [-0.15, -0.1) is 11.6 Å². The van der Waals surface area contributed by atoms with Gasteiger partial charge in [0.1, 0.15) is 11.6 Å². The van der Waals surface area contributed by atoms with Crippen LogP contribution in [0.4, 0.5) is 4.39 Å². The second kappa shape index (κ2) is 6.47. The zero-order valence-electron chi connectivity index (χ0n) is 11.3. The Morgan fingerprint density at radius 2 is 2.00 bits per heavy atom. The molecular formula is C16H15Cl2FO. The molecule has 1 atom stereocenters. The Hall–Kier alpha value is -1.25. The fraction of sp³-hybridized carbons (Fsp3) is 0.250. The molecule has 0 saturated carbocycles. The van der Waals surface area contributed by atoms with Gasteiger partial charge >= 0.3 is 0 Å². The van der Waals surface area contributed by atoms with Crippen molar-refractivity contribution in [1.29, 1.82) is 0 Å². The fourth-order valence-electron chi connectivity index (χ4n) is 2.12. The molecule has 0 aliphatic rings. The van der Waals surface area contributed by atoms with E-state index in [-0.39, 0.29) is 11.2 Å². The third-order valence-electron chi connectivity index (χ3n) is 3.23. The van der Waals surface area contributed by atoms with Crippen molar-refractivity contribution >= 4 is 23.2 Å². The molecule has 0 fully saturated rings. The summed E-state index contributed by atoms with van der Waals surface area (Å²) < 4.78 is 19.0. The first kappa shape index (κ1) is 15.1. The first-order valence-electron chi connectivity index (χ1n) is 6.24. The lowest BCUT2D eigenvalue weighted by Gasteiger charge is -2.14. The molecule has 0 aromatic heterocycles. The molecule has 0 aliphatic carbocycles. The van der Waals surface area contributed by atoms with E-state index in [1.54, 1.807) is 19.2 Å². The molecule has 0 radical (unpaired) electrons. The van der Waals surface area contributed by atoms with Crippen LogP contribution < -0.4 is 4.74 Å². The fourth-order valence-corrected chi connectivity index (χ4v) is 2.65. The highest BCUT2D eigenvalue weighted by Gasteiger charge is 2.15. The molecule has 2 rings (SSSR count). The van der Waals surface area contributed by atoms with Gasteiger partial charge in [0, 0.05) is 10.6 Å². The van der Waals surface area contributed by atoms with E-state index in [0.717, 1.165) is 16.9 Å². The molecule has 1 nitrogen and oxygen atoms in total. The van der Waals surface area contributed by atoms with Gasteiger partial charge in [-0.3, -0.25) is 0 Å². The van der Waals surface area contributed by atoms with E-state index in [9.17, 15) is 4.39 Å². The number of hydrogen-bond acceptors (Lipinski definition) is 1. The second-order valence-corrected chi connectivity index (χ2v) is 5.53. The molecule has 2 aromatic rings. The lowest BCUT2D eigenvalue weighted by atomic mass is 10.0. The van der Waals surface area contributed by atoms with Gasteiger partial charge in [0.25, 0.3) is 0 Å². The smallest absolute Gasteiger partial charge is 0.127 e. The first-order valence-corrected chi connectivity index (χ1v) is 7.06. The van der Waals surface area contributed by atoms with Crippen LogP contribution in [0, 0.1) is 12.7 Å². The van der Waals surface area contributed by atoms with Gasteiger partial charge in [0.15, 0.2) is 0 Å². The summed E-state index contributed by atoms with van der Waals surface area (Å²) in [6, 6.07) is 10.3. The number of halogens is 3. The maximum atomic E-state index is 13.8. The molecule has 1 unspecified atom stereocenters. The van der Waals surface area contributed by atoms with Crippen LogP contribution in [0.3, 0.4) is 0 Å². The number of alkyl halides is 1. The minimum absolute atomic E-state index is 0.326. The standard InChI is InChI=1S/C16H15Cl2FO/c1-10-8-11(6-7-16(10)20-2)14(18)9-12-13(17)4-3-5-15(12)19/h3-8,14H,9H2,1-2H3. The SMILES string of the molecule is COc1ccc(C(Cl)Cc2c(F)cccc2Cl)cc1C. The van der Waals surface area contributed by atoms with Gasteiger partial charge in [-0.1, -0.05) is 29.8 Å². The summed E-state index contributed by atoms with van der Waals surface area (Å²) in [5, 5.41) is 0.0647. The van der Waals surface area contributed by atoms with Crippen molar-refractivity contribution in [3.05, 3.63) is 63.9 Å². The summed E-state index contributed by atoms with van der Waals surface area (Å²) in [7, 11) is 1.62. The average Bonchev–Trinajstić information content (AvgIpc) is 2.42. The third-order valence-corrected chi connectivity index (χ3v) is 3.99. The Bertz CT molecular complexity index is 593. The van der Waals surface area contributed by atoms with Crippen molar-refractivity contribution in [1.82, 2.24) is 0 Å². The number of ether oxygens (including phenoxy) is 1. The molecular weight excluding hydrogens is 298 g/mol. The van der Waals surface area contributed by atoms with Crippen LogP contribution in [0.25, 0.3) is 0 Å². The molecule has 0 spiro atoms. The molecule has 0 N–H and O–H groups in total. The Labute approximate surface area is 128 Å². The molecule has 0 amide bonds. The highest BCUT2D eigenvalue weighted by atomic mass is 35.5. The van der Waals surface area contributed by atoms with Crippen LogP contribution in [0.5, 0.6) is 5.75 Å². The van der Waals surface area contributed by atoms with E-state index in [0.29, 0.717) is 17.0 Å². The zero-order chi connectivity index (χ0) is 14.7. The van der Waals surface area contributed by atoms with Gasteiger partial charge in [-0.05, 0) is 42.7 Å². The van der Waals surface area contributed by atoms with E-state index in [1.807, 2.05) is 25.1 Å². The predicted octanol–water partition coefficient (Wildman–Crippen LogP) is 5.32. The predicted molar refractivity (Wildman–Crippen MR) is 81.4 cm³/mol. The number of hydrogen-bond donors (Lipinski definition) is 0. The van der Waals surface area contributed by atoms with Gasteiger partial charge < -0.3 is 4.74 Å². The Morgan fingerprint density at radius 1 is 1.25 bits per heavy atom. The average molecular weight is 313 g/mol. The van der Waals surface area contributed by atoms with Crippen molar-refractivity contribution in [3.8, 4) is 5.75 Å². The summed E-state index contributed by atoms with van der Waals surface area (Å²) >= 11 is 12.4. The highest BCUT2D eigenvalue weighted by Crippen LogP contribution is 2.31. The lowest BCUT2D eigenvalue weighted by molar-refractivity contribution is 0.411. The number of benzene rings is 2. The molecule has 0 heterocycles. The quantitative estimate of drug-likeness (QED) is 0.694. The topological polar surface area (TPSA) is 9.23 Å². The van der Waals surface area contributed by atoms with Crippen LogP contribution in [0.2, 0.25) is 5.02 Å². The normalized spacial score (nSPS) is 12.2. The Balaban J connectivity index is 2.24. The monoisotopic (exact) mass is 312 g/mol. The number of rotatable bonds is 4. The molecule has 0 aliphatic heterocycles. The molecule has 2 aromatic carbocycles. The van der Waals surface area contributed by atoms with E-state index in [4.69, 9.17) is 27.9 Å². The van der Waals surface area contributed by atoms with E-state index in [1.165, 1.54) is 6.07 Å². The van der Waals surface area contributed by atoms with Crippen molar-refractivity contribution in [2.24, 2.45) is 0 Å². The molecule has 20 heavy (non-hydrogen) atoms. The summed E-state index contributed by atoms with van der Waals surface area (Å²) in [5.74, 6) is 0.481. The van der Waals surface area contributed by atoms with E-state index in [2.05, 4.69) is 0 Å². The van der Waals surface area contributed by atoms with Crippen molar-refractivity contribution in [2.45, 2.75) is 18.7 Å². The van der Waals surface area contributed by atoms with Gasteiger partial charge in [0.2, 0.25) is 0 Å². The highest BCUT2D eigenvalue weighted by molar-refractivity contribution is 6.31. The first-order chi connectivity index (χ1) is 9.52. The maximum Gasteiger partial charge on any atom is 0.127 e. The summed E-state index contributed by atoms with van der Waals surface area (Å²) in [6.07, 6.45) is 0.346. The lowest BCUT2D eigenvalue weighted by Crippen LogP contribution is -2.00.